The number of rotatable bonds is 3. The molecule has 1 amide bonds. The first-order valence-corrected chi connectivity index (χ1v) is 6.57. The zero-order chi connectivity index (χ0) is 14.7. The first-order valence-electron chi connectivity index (χ1n) is 6.57. The van der Waals surface area contributed by atoms with E-state index in [1.165, 1.54) is 0 Å². The van der Waals surface area contributed by atoms with Crippen LogP contribution in [0.1, 0.15) is 16.1 Å². The minimum atomic E-state index is -0.191. The van der Waals surface area contributed by atoms with Gasteiger partial charge in [0.05, 0.1) is 11.4 Å². The number of nitrogens with zero attached hydrogens (tertiary/aromatic N) is 2. The summed E-state index contributed by atoms with van der Waals surface area (Å²) >= 11 is 0. The van der Waals surface area contributed by atoms with Crippen LogP contribution in [0, 0.1) is 0 Å². The van der Waals surface area contributed by atoms with Gasteiger partial charge in [0.25, 0.3) is 5.91 Å². The van der Waals surface area contributed by atoms with Crippen LogP contribution in [-0.4, -0.2) is 15.9 Å². The number of nitrogens with one attached hydrogen (secondary N) is 1. The minimum absolute atomic E-state index is 0.191. The van der Waals surface area contributed by atoms with Crippen LogP contribution in [0.4, 0.5) is 5.69 Å². The van der Waals surface area contributed by atoms with Gasteiger partial charge in [-0.05, 0) is 29.7 Å². The average Bonchev–Trinajstić information content (AvgIpc) is 2.55. The number of pyridine rings is 2. The average molecular weight is 278 g/mol. The van der Waals surface area contributed by atoms with E-state index in [0.717, 1.165) is 16.5 Å². The Morgan fingerprint density at radius 1 is 1.19 bits per heavy atom. The highest BCUT2D eigenvalue weighted by Crippen LogP contribution is 2.22. The molecule has 2 aromatic heterocycles. The summed E-state index contributed by atoms with van der Waals surface area (Å²) in [7, 11) is 0. The third-order valence-corrected chi connectivity index (χ3v) is 3.22. The van der Waals surface area contributed by atoms with Crippen LogP contribution in [0.15, 0.2) is 55.0 Å². The molecule has 5 nitrogen and oxygen atoms in total. The molecule has 0 saturated carbocycles. The number of hydrogen-bond donors (Lipinski definition) is 2. The fraction of sp³-hybridized carbons (Fsp3) is 0.0625. The summed E-state index contributed by atoms with van der Waals surface area (Å²) in [6.07, 6.45) is 5.05. The SMILES string of the molecule is NCc1cc(C(=O)Nc2cccc3ccncc23)ccn1. The number of benzene rings is 1. The first kappa shape index (κ1) is 13.2. The van der Waals surface area contributed by atoms with E-state index in [2.05, 4.69) is 15.3 Å². The van der Waals surface area contributed by atoms with Gasteiger partial charge in [-0.15, -0.1) is 0 Å². The fourth-order valence-electron chi connectivity index (χ4n) is 2.15. The fourth-order valence-corrected chi connectivity index (χ4v) is 2.15. The van der Waals surface area contributed by atoms with Gasteiger partial charge in [-0.2, -0.15) is 0 Å². The summed E-state index contributed by atoms with van der Waals surface area (Å²) in [6.45, 7) is 0.305. The standard InChI is InChI=1S/C16H14N4O/c17-9-13-8-12(5-7-19-13)16(21)20-15-3-1-2-11-4-6-18-10-14(11)15/h1-8,10H,9,17H2,(H,20,21). The van der Waals surface area contributed by atoms with Crippen LogP contribution >= 0.6 is 0 Å². The molecule has 0 unspecified atom stereocenters. The van der Waals surface area contributed by atoms with Crippen molar-refractivity contribution in [3.05, 3.63) is 66.2 Å². The molecule has 5 heteroatoms. The number of fused-ring (bicyclic) bond motifs is 1. The molecule has 2 heterocycles. The molecule has 3 rings (SSSR count). The Balaban J connectivity index is 1.93. The second-order valence-corrected chi connectivity index (χ2v) is 4.60. The van der Waals surface area contributed by atoms with Crippen molar-refractivity contribution in [2.75, 3.05) is 5.32 Å². The largest absolute Gasteiger partial charge is 0.325 e. The molecule has 0 bridgehead atoms. The van der Waals surface area contributed by atoms with Gasteiger partial charge < -0.3 is 11.1 Å². The van der Waals surface area contributed by atoms with Crippen molar-refractivity contribution in [3.63, 3.8) is 0 Å². The number of amides is 1. The molecule has 0 saturated heterocycles. The molecule has 0 aliphatic heterocycles. The lowest BCUT2D eigenvalue weighted by Gasteiger charge is -2.09. The number of hydrogen-bond acceptors (Lipinski definition) is 4. The van der Waals surface area contributed by atoms with Gasteiger partial charge in [0.1, 0.15) is 0 Å². The number of aromatic nitrogens is 2. The third-order valence-electron chi connectivity index (χ3n) is 3.22. The summed E-state index contributed by atoms with van der Waals surface area (Å²) in [5.74, 6) is -0.191. The van der Waals surface area contributed by atoms with Crippen LogP contribution < -0.4 is 11.1 Å². The van der Waals surface area contributed by atoms with Gasteiger partial charge in [-0.3, -0.25) is 14.8 Å². The predicted molar refractivity (Wildman–Crippen MR) is 81.8 cm³/mol. The molecule has 1 aromatic carbocycles. The van der Waals surface area contributed by atoms with Gasteiger partial charge in [0.15, 0.2) is 0 Å². The summed E-state index contributed by atoms with van der Waals surface area (Å²) in [4.78, 5) is 20.5. The molecule has 0 fully saturated rings. The first-order chi connectivity index (χ1) is 10.3. The Morgan fingerprint density at radius 3 is 2.95 bits per heavy atom. The Hall–Kier alpha value is -2.79. The van der Waals surface area contributed by atoms with Crippen LogP contribution in [0.2, 0.25) is 0 Å². The molecule has 0 aliphatic rings. The van der Waals surface area contributed by atoms with E-state index in [-0.39, 0.29) is 5.91 Å². The molecule has 0 radical (unpaired) electrons. The lowest BCUT2D eigenvalue weighted by molar-refractivity contribution is 0.102. The predicted octanol–water partition coefficient (Wildman–Crippen LogP) is 2.34. The lowest BCUT2D eigenvalue weighted by atomic mass is 10.1. The Labute approximate surface area is 121 Å². The number of nitrogens with two attached hydrogens (primary N) is 1. The maximum atomic E-state index is 12.3. The van der Waals surface area contributed by atoms with E-state index < -0.39 is 0 Å². The molecule has 21 heavy (non-hydrogen) atoms. The second kappa shape index (κ2) is 5.68. The summed E-state index contributed by atoms with van der Waals surface area (Å²) in [5, 5.41) is 4.84. The van der Waals surface area contributed by atoms with Crippen molar-refractivity contribution in [3.8, 4) is 0 Å². The maximum absolute atomic E-state index is 12.3. The summed E-state index contributed by atoms with van der Waals surface area (Å²) in [6, 6.07) is 11.0. The normalized spacial score (nSPS) is 10.5. The zero-order valence-electron chi connectivity index (χ0n) is 11.3. The highest BCUT2D eigenvalue weighted by atomic mass is 16.1. The highest BCUT2D eigenvalue weighted by molar-refractivity contribution is 6.08. The van der Waals surface area contributed by atoms with Gasteiger partial charge >= 0.3 is 0 Å². The van der Waals surface area contributed by atoms with Crippen molar-refractivity contribution in [2.24, 2.45) is 5.73 Å². The molecule has 0 spiro atoms. The van der Waals surface area contributed by atoms with Crippen LogP contribution in [-0.2, 0) is 6.54 Å². The number of carbonyl (C=O) groups excluding carboxylic acids is 1. The van der Waals surface area contributed by atoms with E-state index in [1.807, 2.05) is 24.3 Å². The highest BCUT2D eigenvalue weighted by Gasteiger charge is 2.09. The molecular weight excluding hydrogens is 264 g/mol. The van der Waals surface area contributed by atoms with E-state index in [1.54, 1.807) is 30.7 Å². The molecular formula is C16H14N4O. The van der Waals surface area contributed by atoms with Crippen LogP contribution in [0.25, 0.3) is 10.8 Å². The van der Waals surface area contributed by atoms with Gasteiger partial charge in [0, 0.05) is 36.1 Å². The summed E-state index contributed by atoms with van der Waals surface area (Å²) < 4.78 is 0. The Bertz CT molecular complexity index is 796. The quantitative estimate of drug-likeness (QED) is 0.770. The lowest BCUT2D eigenvalue weighted by Crippen LogP contribution is -2.13. The zero-order valence-corrected chi connectivity index (χ0v) is 11.3. The smallest absolute Gasteiger partial charge is 0.255 e. The second-order valence-electron chi connectivity index (χ2n) is 4.60. The van der Waals surface area contributed by atoms with Crippen molar-refractivity contribution in [1.82, 2.24) is 9.97 Å². The molecule has 104 valence electrons. The van der Waals surface area contributed by atoms with E-state index in [9.17, 15) is 4.79 Å². The number of carbonyl (C=O) groups is 1. The van der Waals surface area contributed by atoms with Crippen LogP contribution in [0.3, 0.4) is 0 Å². The van der Waals surface area contributed by atoms with Crippen molar-refractivity contribution >= 4 is 22.4 Å². The van der Waals surface area contributed by atoms with E-state index in [4.69, 9.17) is 5.73 Å². The van der Waals surface area contributed by atoms with Gasteiger partial charge in [-0.25, -0.2) is 0 Å². The van der Waals surface area contributed by atoms with E-state index >= 15 is 0 Å². The van der Waals surface area contributed by atoms with Gasteiger partial charge in [-0.1, -0.05) is 12.1 Å². The van der Waals surface area contributed by atoms with Crippen molar-refractivity contribution in [2.45, 2.75) is 6.54 Å². The Kier molecular flexibility index (Phi) is 3.57. The van der Waals surface area contributed by atoms with Crippen LogP contribution in [0.5, 0.6) is 0 Å². The van der Waals surface area contributed by atoms with Gasteiger partial charge in [0.2, 0.25) is 0 Å². The van der Waals surface area contributed by atoms with Crippen molar-refractivity contribution < 1.29 is 4.79 Å². The van der Waals surface area contributed by atoms with E-state index in [0.29, 0.717) is 17.8 Å². The summed E-state index contributed by atoms with van der Waals surface area (Å²) in [5.41, 5.74) is 7.49. The molecule has 0 aliphatic carbocycles. The minimum Gasteiger partial charge on any atom is -0.325 e. The number of anilines is 1. The third kappa shape index (κ3) is 2.73. The Morgan fingerprint density at radius 2 is 2.10 bits per heavy atom. The molecule has 0 atom stereocenters. The maximum Gasteiger partial charge on any atom is 0.255 e. The van der Waals surface area contributed by atoms with Crippen molar-refractivity contribution in [1.29, 1.82) is 0 Å². The monoisotopic (exact) mass is 278 g/mol. The molecule has 3 aromatic rings. The topological polar surface area (TPSA) is 80.9 Å². The molecule has 3 N–H and O–H groups in total.